The van der Waals surface area contributed by atoms with Crippen LogP contribution in [0, 0.1) is 12.7 Å². The van der Waals surface area contributed by atoms with Gasteiger partial charge in [0.05, 0.1) is 0 Å². The molecule has 1 N–H and O–H groups in total. The average molecular weight is 392 g/mol. The van der Waals surface area contributed by atoms with Crippen LogP contribution in [-0.2, 0) is 4.79 Å². The molecule has 0 aliphatic heterocycles. The lowest BCUT2D eigenvalue weighted by Gasteiger charge is -2.07. The molecule has 0 bridgehead atoms. The number of benzene rings is 2. The smallest absolute Gasteiger partial charge is 0.248 e. The highest BCUT2D eigenvalue weighted by molar-refractivity contribution is 6.34. The molecule has 1 aromatic heterocycles. The summed E-state index contributed by atoms with van der Waals surface area (Å²) in [6.07, 6.45) is 2.85. The lowest BCUT2D eigenvalue weighted by atomic mass is 10.2. The zero-order valence-corrected chi connectivity index (χ0v) is 15.0. The van der Waals surface area contributed by atoms with Crippen LogP contribution in [0.2, 0.25) is 10.0 Å². The van der Waals surface area contributed by atoms with E-state index < -0.39 is 11.7 Å². The molecular formula is C17H12Cl2FN5O. The van der Waals surface area contributed by atoms with E-state index in [-0.39, 0.29) is 5.69 Å². The van der Waals surface area contributed by atoms with Gasteiger partial charge in [-0.2, -0.15) is 4.68 Å². The topological polar surface area (TPSA) is 72.7 Å². The molecule has 0 aliphatic carbocycles. The van der Waals surface area contributed by atoms with Crippen molar-refractivity contribution in [3.63, 3.8) is 0 Å². The second-order valence-electron chi connectivity index (χ2n) is 5.29. The molecule has 0 atom stereocenters. The summed E-state index contributed by atoms with van der Waals surface area (Å²) < 4.78 is 15.3. The Morgan fingerprint density at radius 1 is 1.23 bits per heavy atom. The van der Waals surface area contributed by atoms with Crippen molar-refractivity contribution in [2.24, 2.45) is 0 Å². The molecule has 3 rings (SSSR count). The molecule has 0 radical (unpaired) electrons. The van der Waals surface area contributed by atoms with Crippen LogP contribution in [0.5, 0.6) is 0 Å². The van der Waals surface area contributed by atoms with Gasteiger partial charge in [0, 0.05) is 21.8 Å². The van der Waals surface area contributed by atoms with Crippen molar-refractivity contribution < 1.29 is 9.18 Å². The number of nitrogens with one attached hydrogen (secondary N) is 1. The van der Waals surface area contributed by atoms with E-state index >= 15 is 0 Å². The first-order valence-corrected chi connectivity index (χ1v) is 8.18. The number of carbonyl (C=O) groups is 1. The van der Waals surface area contributed by atoms with E-state index in [0.29, 0.717) is 27.1 Å². The van der Waals surface area contributed by atoms with Crippen LogP contribution >= 0.6 is 23.2 Å². The van der Waals surface area contributed by atoms with Crippen molar-refractivity contribution in [2.75, 3.05) is 5.32 Å². The molecule has 2 aromatic carbocycles. The van der Waals surface area contributed by atoms with Crippen LogP contribution in [0.25, 0.3) is 11.8 Å². The molecule has 9 heteroatoms. The van der Waals surface area contributed by atoms with Crippen LogP contribution in [0.3, 0.4) is 0 Å². The molecule has 0 aliphatic rings. The highest BCUT2D eigenvalue weighted by atomic mass is 35.5. The largest absolute Gasteiger partial charge is 0.322 e. The summed E-state index contributed by atoms with van der Waals surface area (Å²) in [5.41, 5.74) is 1.13. The maximum atomic E-state index is 14.0. The third kappa shape index (κ3) is 4.07. The Balaban J connectivity index is 1.79. The monoisotopic (exact) mass is 391 g/mol. The van der Waals surface area contributed by atoms with Crippen LogP contribution in [0.4, 0.5) is 10.1 Å². The maximum absolute atomic E-state index is 14.0. The normalized spacial score (nSPS) is 11.1. The number of anilines is 1. The SMILES string of the molecule is Cc1nnnn1-c1cc(NC(=O)/C=C/c2cc(Cl)ccc2Cl)ccc1F. The molecule has 26 heavy (non-hydrogen) atoms. The molecule has 0 spiro atoms. The fourth-order valence-corrected chi connectivity index (χ4v) is 2.56. The minimum atomic E-state index is -0.514. The fourth-order valence-electron chi connectivity index (χ4n) is 2.20. The van der Waals surface area contributed by atoms with Crippen molar-refractivity contribution in [3.05, 3.63) is 69.7 Å². The molecule has 0 saturated heterocycles. The van der Waals surface area contributed by atoms with Crippen molar-refractivity contribution in [1.29, 1.82) is 0 Å². The van der Waals surface area contributed by atoms with Crippen LogP contribution in [0.15, 0.2) is 42.5 Å². The number of hydrogen-bond donors (Lipinski definition) is 1. The molecule has 0 saturated carbocycles. The van der Waals surface area contributed by atoms with Gasteiger partial charge in [-0.1, -0.05) is 23.2 Å². The Morgan fingerprint density at radius 2 is 2.04 bits per heavy atom. The predicted molar refractivity (Wildman–Crippen MR) is 98.0 cm³/mol. The zero-order valence-electron chi connectivity index (χ0n) is 13.4. The summed E-state index contributed by atoms with van der Waals surface area (Å²) in [5.74, 6) is -0.505. The van der Waals surface area contributed by atoms with Gasteiger partial charge in [0.2, 0.25) is 5.91 Å². The molecule has 0 fully saturated rings. The number of halogens is 3. The molecule has 3 aromatic rings. The summed E-state index contributed by atoms with van der Waals surface area (Å²) >= 11 is 12.0. The highest BCUT2D eigenvalue weighted by Gasteiger charge is 2.11. The maximum Gasteiger partial charge on any atom is 0.248 e. The van der Waals surface area contributed by atoms with E-state index in [0.717, 1.165) is 0 Å². The summed E-state index contributed by atoms with van der Waals surface area (Å²) in [5, 5.41) is 14.5. The van der Waals surface area contributed by atoms with E-state index in [2.05, 4.69) is 20.8 Å². The second kappa shape index (κ2) is 7.63. The van der Waals surface area contributed by atoms with Crippen LogP contribution in [0.1, 0.15) is 11.4 Å². The van der Waals surface area contributed by atoms with E-state index in [1.165, 1.54) is 29.0 Å². The summed E-state index contributed by atoms with van der Waals surface area (Å²) in [6.45, 7) is 1.64. The first kappa shape index (κ1) is 18.0. The Morgan fingerprint density at radius 3 is 2.77 bits per heavy atom. The molecule has 1 heterocycles. The number of rotatable bonds is 4. The van der Waals surface area contributed by atoms with Gasteiger partial charge in [-0.3, -0.25) is 4.79 Å². The Kier molecular flexibility index (Phi) is 5.29. The lowest BCUT2D eigenvalue weighted by Crippen LogP contribution is -2.09. The van der Waals surface area contributed by atoms with E-state index in [4.69, 9.17) is 23.2 Å². The highest BCUT2D eigenvalue weighted by Crippen LogP contribution is 2.22. The molecule has 6 nitrogen and oxygen atoms in total. The number of carbonyl (C=O) groups excluding carboxylic acids is 1. The Labute approximate surface area is 158 Å². The minimum absolute atomic E-state index is 0.132. The second-order valence-corrected chi connectivity index (χ2v) is 6.14. The van der Waals surface area contributed by atoms with Gasteiger partial charge in [-0.25, -0.2) is 4.39 Å². The van der Waals surface area contributed by atoms with Gasteiger partial charge >= 0.3 is 0 Å². The number of aryl methyl sites for hydroxylation is 1. The van der Waals surface area contributed by atoms with Gasteiger partial charge in [0.15, 0.2) is 5.82 Å². The third-order valence-electron chi connectivity index (χ3n) is 3.44. The number of nitrogens with zero attached hydrogens (tertiary/aromatic N) is 4. The lowest BCUT2D eigenvalue weighted by molar-refractivity contribution is -0.111. The van der Waals surface area contributed by atoms with E-state index in [1.807, 2.05) is 0 Å². The van der Waals surface area contributed by atoms with Crippen molar-refractivity contribution >= 4 is 40.9 Å². The Hall–Kier alpha value is -2.77. The number of aromatic nitrogens is 4. The number of hydrogen-bond acceptors (Lipinski definition) is 4. The first-order valence-electron chi connectivity index (χ1n) is 7.43. The zero-order chi connectivity index (χ0) is 18.7. The molecule has 0 unspecified atom stereocenters. The molecular weight excluding hydrogens is 380 g/mol. The fraction of sp³-hybridized carbons (Fsp3) is 0.0588. The quantitative estimate of drug-likeness (QED) is 0.680. The number of tetrazole rings is 1. The molecule has 1 amide bonds. The van der Waals surface area contributed by atoms with Crippen molar-refractivity contribution in [3.8, 4) is 5.69 Å². The van der Waals surface area contributed by atoms with Gasteiger partial charge < -0.3 is 5.32 Å². The van der Waals surface area contributed by atoms with Crippen LogP contribution < -0.4 is 5.32 Å². The average Bonchev–Trinajstić information content (AvgIpc) is 3.03. The van der Waals surface area contributed by atoms with Crippen molar-refractivity contribution in [1.82, 2.24) is 20.2 Å². The third-order valence-corrected chi connectivity index (χ3v) is 4.02. The number of amides is 1. The molecule has 132 valence electrons. The van der Waals surface area contributed by atoms with Crippen LogP contribution in [-0.4, -0.2) is 26.1 Å². The summed E-state index contributed by atoms with van der Waals surface area (Å²) in [7, 11) is 0. The van der Waals surface area contributed by atoms with E-state index in [9.17, 15) is 9.18 Å². The van der Waals surface area contributed by atoms with Crippen molar-refractivity contribution in [2.45, 2.75) is 6.92 Å². The van der Waals surface area contributed by atoms with Gasteiger partial charge in [-0.15, -0.1) is 5.10 Å². The summed E-state index contributed by atoms with van der Waals surface area (Å²) in [6, 6.07) is 9.05. The van der Waals surface area contributed by atoms with Gasteiger partial charge in [-0.05, 0) is 65.4 Å². The predicted octanol–water partition coefficient (Wildman–Crippen LogP) is 4.07. The van der Waals surface area contributed by atoms with Gasteiger partial charge in [0.25, 0.3) is 0 Å². The Bertz CT molecular complexity index is 1000. The van der Waals surface area contributed by atoms with Gasteiger partial charge in [0.1, 0.15) is 11.5 Å². The summed E-state index contributed by atoms with van der Waals surface area (Å²) in [4.78, 5) is 12.1. The van der Waals surface area contributed by atoms with E-state index in [1.54, 1.807) is 31.2 Å². The standard InChI is InChI=1S/C17H12Cl2FN5O/c1-10-22-23-24-25(10)16-9-13(4-6-15(16)20)21-17(26)7-2-11-8-12(18)3-5-14(11)19/h2-9H,1H3,(H,21,26)/b7-2+. The minimum Gasteiger partial charge on any atom is -0.322 e. The first-order chi connectivity index (χ1) is 12.4.